The maximum atomic E-state index is 14.1. The van der Waals surface area contributed by atoms with E-state index in [4.69, 9.17) is 10.5 Å². The average molecular weight is 506 g/mol. The lowest BCUT2D eigenvalue weighted by Gasteiger charge is -2.33. The number of amides is 1. The van der Waals surface area contributed by atoms with Crippen molar-refractivity contribution in [3.63, 3.8) is 0 Å². The monoisotopic (exact) mass is 506 g/mol. The molecule has 0 unspecified atom stereocenters. The van der Waals surface area contributed by atoms with Gasteiger partial charge in [-0.3, -0.25) is 0 Å². The first-order chi connectivity index (χ1) is 16.1. The molecule has 0 radical (unpaired) electrons. The lowest BCUT2D eigenvalue weighted by Crippen LogP contribution is -2.41. The number of pyridine rings is 1. The summed E-state index contributed by atoms with van der Waals surface area (Å²) in [7, 11) is 0. The Hall–Kier alpha value is -2.92. The summed E-state index contributed by atoms with van der Waals surface area (Å²) in [5, 5.41) is 2.99. The molecule has 0 saturated carbocycles. The second kappa shape index (κ2) is 9.62. The fraction of sp³-hybridized carbons (Fsp3) is 0.565. The number of hydrogen-bond donors (Lipinski definition) is 2. The van der Waals surface area contributed by atoms with Crippen LogP contribution in [0.15, 0.2) is 18.2 Å². The van der Waals surface area contributed by atoms with E-state index in [0.29, 0.717) is 32.4 Å². The Labute approximate surface area is 198 Å². The maximum Gasteiger partial charge on any atom is 0.459 e. The van der Waals surface area contributed by atoms with Gasteiger partial charge < -0.3 is 20.7 Å². The lowest BCUT2D eigenvalue weighted by molar-refractivity contribution is -0.290. The highest BCUT2D eigenvalue weighted by Gasteiger charge is 2.61. The smallest absolute Gasteiger partial charge is 0.444 e. The zero-order valence-corrected chi connectivity index (χ0v) is 19.6. The number of alkyl halides is 5. The third kappa shape index (κ3) is 6.02. The third-order valence-electron chi connectivity index (χ3n) is 5.76. The van der Waals surface area contributed by atoms with E-state index in [1.807, 2.05) is 0 Å². The summed E-state index contributed by atoms with van der Waals surface area (Å²) in [6.45, 7) is 6.53. The fourth-order valence-electron chi connectivity index (χ4n) is 3.95. The first kappa shape index (κ1) is 26.7. The van der Waals surface area contributed by atoms with Crippen LogP contribution < -0.4 is 11.1 Å². The summed E-state index contributed by atoms with van der Waals surface area (Å²) < 4.78 is 86.3. The van der Waals surface area contributed by atoms with Gasteiger partial charge in [-0.25, -0.2) is 14.2 Å². The molecule has 6 nitrogen and oxygen atoms in total. The second-order valence-corrected chi connectivity index (χ2v) is 9.61. The highest BCUT2D eigenvalue weighted by atomic mass is 19.4. The van der Waals surface area contributed by atoms with E-state index in [9.17, 15) is 31.1 Å². The van der Waals surface area contributed by atoms with Crippen molar-refractivity contribution in [1.29, 1.82) is 0 Å². The first-order valence-corrected chi connectivity index (χ1v) is 11.2. The molecule has 0 spiro atoms. The van der Waals surface area contributed by atoms with Gasteiger partial charge in [-0.05, 0) is 58.1 Å². The standard InChI is InChI=1S/C23H28F6N4O2/c1-21(2,3)35-20(34)33-10-7-13(8-11-33)6-9-31-18-15-5-4-14(24)12-16(15)32-19(17(18)30)22(25,26)23(27,28)29/h4-5,12-13H,6-11,30H2,1-3H3,(H,31,32). The van der Waals surface area contributed by atoms with Crippen molar-refractivity contribution in [1.82, 2.24) is 9.88 Å². The molecule has 2 aromatic rings. The van der Waals surface area contributed by atoms with Crippen LogP contribution in [0.25, 0.3) is 10.9 Å². The molecule has 35 heavy (non-hydrogen) atoms. The zero-order valence-electron chi connectivity index (χ0n) is 19.6. The molecule has 1 aromatic carbocycles. The number of anilines is 2. The summed E-state index contributed by atoms with van der Waals surface area (Å²) in [5.74, 6) is -5.97. The largest absolute Gasteiger partial charge is 0.459 e. The molecular formula is C23H28F6N4O2. The topological polar surface area (TPSA) is 80.5 Å². The van der Waals surface area contributed by atoms with Crippen LogP contribution in [0.1, 0.15) is 45.7 Å². The SMILES string of the molecule is CC(C)(C)OC(=O)N1CCC(CCNc2c(N)c(C(F)(F)C(F)(F)F)nc3cc(F)ccc23)CC1. The second-order valence-electron chi connectivity index (χ2n) is 9.61. The minimum Gasteiger partial charge on any atom is -0.444 e. The number of aromatic nitrogens is 1. The van der Waals surface area contributed by atoms with E-state index >= 15 is 0 Å². The number of nitrogen functional groups attached to an aromatic ring is 1. The predicted octanol–water partition coefficient (Wildman–Crippen LogP) is 6.06. The average Bonchev–Trinajstić information content (AvgIpc) is 2.73. The van der Waals surface area contributed by atoms with Gasteiger partial charge in [0.05, 0.1) is 16.9 Å². The van der Waals surface area contributed by atoms with Crippen molar-refractivity contribution in [2.24, 2.45) is 5.92 Å². The molecule has 12 heteroatoms. The molecule has 1 fully saturated rings. The van der Waals surface area contributed by atoms with E-state index < -0.39 is 41.0 Å². The number of hydrogen-bond acceptors (Lipinski definition) is 5. The zero-order chi connectivity index (χ0) is 26.2. The van der Waals surface area contributed by atoms with Gasteiger partial charge in [0, 0.05) is 31.1 Å². The van der Waals surface area contributed by atoms with Crippen LogP contribution in [0, 0.1) is 11.7 Å². The van der Waals surface area contributed by atoms with Crippen LogP contribution in [0.3, 0.4) is 0 Å². The number of carbonyl (C=O) groups is 1. The van der Waals surface area contributed by atoms with E-state index in [0.717, 1.165) is 12.1 Å². The minimum absolute atomic E-state index is 0.130. The van der Waals surface area contributed by atoms with Crippen LogP contribution in [0.5, 0.6) is 0 Å². The Morgan fingerprint density at radius 2 is 1.80 bits per heavy atom. The van der Waals surface area contributed by atoms with Gasteiger partial charge in [0.25, 0.3) is 0 Å². The number of nitrogens with two attached hydrogens (primary N) is 1. The van der Waals surface area contributed by atoms with Crippen LogP contribution in [-0.2, 0) is 10.7 Å². The summed E-state index contributed by atoms with van der Waals surface area (Å²) in [6, 6.07) is 3.05. The van der Waals surface area contributed by atoms with Crippen LogP contribution >= 0.6 is 0 Å². The van der Waals surface area contributed by atoms with Crippen LogP contribution in [0.4, 0.5) is 42.5 Å². The fourth-order valence-corrected chi connectivity index (χ4v) is 3.95. The molecule has 1 aromatic heterocycles. The molecule has 1 amide bonds. The molecule has 0 aliphatic carbocycles. The predicted molar refractivity (Wildman–Crippen MR) is 120 cm³/mol. The molecule has 1 aliphatic rings. The van der Waals surface area contributed by atoms with Crippen molar-refractivity contribution >= 4 is 28.4 Å². The number of likely N-dealkylation sites (tertiary alicyclic amines) is 1. The van der Waals surface area contributed by atoms with E-state index in [2.05, 4.69) is 10.3 Å². The molecule has 0 atom stereocenters. The van der Waals surface area contributed by atoms with E-state index in [-0.39, 0.29) is 29.1 Å². The van der Waals surface area contributed by atoms with Gasteiger partial charge in [0.2, 0.25) is 0 Å². The molecule has 194 valence electrons. The van der Waals surface area contributed by atoms with Crippen molar-refractivity contribution in [2.45, 2.75) is 57.7 Å². The number of fused-ring (bicyclic) bond motifs is 1. The molecule has 3 rings (SSSR count). The summed E-state index contributed by atoms with van der Waals surface area (Å²) in [4.78, 5) is 17.2. The number of carbonyl (C=O) groups excluding carboxylic acids is 1. The summed E-state index contributed by atoms with van der Waals surface area (Å²) in [5.41, 5.74) is 2.10. The van der Waals surface area contributed by atoms with Gasteiger partial charge in [-0.15, -0.1) is 0 Å². The maximum absolute atomic E-state index is 14.1. The number of rotatable bonds is 5. The highest BCUT2D eigenvalue weighted by molar-refractivity contribution is 5.98. The molecule has 1 aliphatic heterocycles. The van der Waals surface area contributed by atoms with Gasteiger partial charge in [-0.1, -0.05) is 0 Å². The number of nitrogens with one attached hydrogen (secondary N) is 1. The molecule has 0 bridgehead atoms. The van der Waals surface area contributed by atoms with Crippen LogP contribution in [-0.4, -0.2) is 47.4 Å². The Morgan fingerprint density at radius 3 is 2.37 bits per heavy atom. The number of ether oxygens (including phenoxy) is 1. The van der Waals surface area contributed by atoms with Crippen molar-refractivity contribution in [3.05, 3.63) is 29.7 Å². The molecule has 2 heterocycles. The van der Waals surface area contributed by atoms with Crippen molar-refractivity contribution < 1.29 is 35.9 Å². The Bertz CT molecular complexity index is 1080. The number of nitrogens with zero attached hydrogens (tertiary/aromatic N) is 2. The molecular weight excluding hydrogens is 478 g/mol. The number of piperidine rings is 1. The summed E-state index contributed by atoms with van der Waals surface area (Å²) >= 11 is 0. The van der Waals surface area contributed by atoms with E-state index in [1.54, 1.807) is 25.7 Å². The number of benzene rings is 1. The quantitative estimate of drug-likeness (QED) is 0.482. The third-order valence-corrected chi connectivity index (χ3v) is 5.76. The van der Waals surface area contributed by atoms with Gasteiger partial charge in [0.15, 0.2) is 0 Å². The molecule has 3 N–H and O–H groups in total. The van der Waals surface area contributed by atoms with Gasteiger partial charge in [0.1, 0.15) is 17.1 Å². The van der Waals surface area contributed by atoms with Crippen molar-refractivity contribution in [2.75, 3.05) is 30.7 Å². The molecule has 1 saturated heterocycles. The lowest BCUT2D eigenvalue weighted by atomic mass is 9.93. The van der Waals surface area contributed by atoms with Gasteiger partial charge >= 0.3 is 18.2 Å². The normalized spacial score (nSPS) is 16.0. The van der Waals surface area contributed by atoms with Crippen molar-refractivity contribution in [3.8, 4) is 0 Å². The highest BCUT2D eigenvalue weighted by Crippen LogP contribution is 2.47. The Morgan fingerprint density at radius 1 is 1.17 bits per heavy atom. The number of halogens is 6. The minimum atomic E-state index is -5.92. The van der Waals surface area contributed by atoms with Crippen LogP contribution in [0.2, 0.25) is 0 Å². The van der Waals surface area contributed by atoms with E-state index in [1.165, 1.54) is 6.07 Å². The Balaban J connectivity index is 1.73. The van der Waals surface area contributed by atoms with Gasteiger partial charge in [-0.2, -0.15) is 22.0 Å². The summed E-state index contributed by atoms with van der Waals surface area (Å²) in [6.07, 6.45) is -4.41. The first-order valence-electron chi connectivity index (χ1n) is 11.2. The Kier molecular flexibility index (Phi) is 7.33.